The summed E-state index contributed by atoms with van der Waals surface area (Å²) in [5.74, 6) is 0. The van der Waals surface area contributed by atoms with Crippen molar-refractivity contribution in [3.05, 3.63) is 27.7 Å². The van der Waals surface area contributed by atoms with E-state index in [1.54, 1.807) is 0 Å². The lowest BCUT2D eigenvalue weighted by Gasteiger charge is -2.05. The molecule has 1 rings (SSSR count). The minimum atomic E-state index is 0.581. The number of hydrogen-bond acceptors (Lipinski definition) is 2. The van der Waals surface area contributed by atoms with Crippen molar-refractivity contribution in [3.63, 3.8) is 0 Å². The molecule has 74 valence electrons. The van der Waals surface area contributed by atoms with Gasteiger partial charge in [-0.25, -0.2) is 0 Å². The molecular formula is C10H10BrClN2. The van der Waals surface area contributed by atoms with Crippen LogP contribution in [0.1, 0.15) is 12.8 Å². The van der Waals surface area contributed by atoms with E-state index >= 15 is 0 Å². The molecule has 1 aromatic carbocycles. The first-order chi connectivity index (χ1) is 6.74. The van der Waals surface area contributed by atoms with Gasteiger partial charge in [0, 0.05) is 23.1 Å². The van der Waals surface area contributed by atoms with Gasteiger partial charge in [0.15, 0.2) is 0 Å². The Morgan fingerprint density at radius 3 is 2.93 bits per heavy atom. The van der Waals surface area contributed by atoms with E-state index in [4.69, 9.17) is 16.9 Å². The summed E-state index contributed by atoms with van der Waals surface area (Å²) in [7, 11) is 0. The van der Waals surface area contributed by atoms with Crippen LogP contribution >= 0.6 is 27.5 Å². The monoisotopic (exact) mass is 272 g/mol. The fourth-order valence-corrected chi connectivity index (χ4v) is 1.43. The highest BCUT2D eigenvalue weighted by molar-refractivity contribution is 9.10. The Balaban J connectivity index is 2.44. The van der Waals surface area contributed by atoms with E-state index in [0.717, 1.165) is 23.1 Å². The van der Waals surface area contributed by atoms with Crippen molar-refractivity contribution in [2.24, 2.45) is 0 Å². The summed E-state index contributed by atoms with van der Waals surface area (Å²) in [5.41, 5.74) is 0.983. The predicted octanol–water partition coefficient (Wildman–Crippen LogP) is 3.82. The molecule has 4 heteroatoms. The summed E-state index contributed by atoms with van der Waals surface area (Å²) in [4.78, 5) is 0. The quantitative estimate of drug-likeness (QED) is 0.847. The molecule has 0 aromatic heterocycles. The molecule has 0 unspecified atom stereocenters. The molecule has 0 bridgehead atoms. The van der Waals surface area contributed by atoms with Crippen LogP contribution < -0.4 is 5.32 Å². The molecule has 0 aliphatic rings. The van der Waals surface area contributed by atoms with E-state index in [1.165, 1.54) is 0 Å². The summed E-state index contributed by atoms with van der Waals surface area (Å²) in [6.45, 7) is 0.797. The van der Waals surface area contributed by atoms with Crippen LogP contribution in [0.2, 0.25) is 5.02 Å². The highest BCUT2D eigenvalue weighted by atomic mass is 79.9. The lowest BCUT2D eigenvalue weighted by Crippen LogP contribution is -2.00. The molecule has 14 heavy (non-hydrogen) atoms. The van der Waals surface area contributed by atoms with E-state index in [0.29, 0.717) is 11.4 Å². The number of hydrogen-bond donors (Lipinski definition) is 1. The Morgan fingerprint density at radius 1 is 1.50 bits per heavy atom. The SMILES string of the molecule is N#CCCCNc1ccc(Br)c(Cl)c1. The van der Waals surface area contributed by atoms with Crippen molar-refractivity contribution in [2.75, 3.05) is 11.9 Å². The van der Waals surface area contributed by atoms with Crippen molar-refractivity contribution in [1.82, 2.24) is 0 Å². The van der Waals surface area contributed by atoms with E-state index in [9.17, 15) is 0 Å². The molecule has 0 heterocycles. The molecule has 0 spiro atoms. The maximum atomic E-state index is 8.34. The second-order valence-corrected chi connectivity index (χ2v) is 4.08. The zero-order chi connectivity index (χ0) is 10.4. The van der Waals surface area contributed by atoms with Gasteiger partial charge >= 0.3 is 0 Å². The fraction of sp³-hybridized carbons (Fsp3) is 0.300. The van der Waals surface area contributed by atoms with Gasteiger partial charge in [0.2, 0.25) is 0 Å². The normalized spacial score (nSPS) is 9.50. The average molecular weight is 274 g/mol. The number of halogens is 2. The van der Waals surface area contributed by atoms with Crippen molar-refractivity contribution in [1.29, 1.82) is 5.26 Å². The van der Waals surface area contributed by atoms with Gasteiger partial charge in [-0.3, -0.25) is 0 Å². The van der Waals surface area contributed by atoms with Gasteiger partial charge in [-0.2, -0.15) is 5.26 Å². The topological polar surface area (TPSA) is 35.8 Å². The van der Waals surface area contributed by atoms with Crippen molar-refractivity contribution < 1.29 is 0 Å². The number of nitrogens with one attached hydrogen (secondary N) is 1. The second-order valence-electron chi connectivity index (χ2n) is 2.82. The summed E-state index contributed by atoms with van der Waals surface area (Å²) in [5, 5.41) is 12.2. The third-order valence-corrected chi connectivity index (χ3v) is 2.95. The third kappa shape index (κ3) is 3.57. The highest BCUT2D eigenvalue weighted by Gasteiger charge is 1.97. The smallest absolute Gasteiger partial charge is 0.0622 e. The third-order valence-electron chi connectivity index (χ3n) is 1.71. The minimum Gasteiger partial charge on any atom is -0.385 e. The Labute approximate surface area is 97.0 Å². The van der Waals surface area contributed by atoms with Crippen LogP contribution in [-0.4, -0.2) is 6.54 Å². The molecule has 0 saturated carbocycles. The van der Waals surface area contributed by atoms with E-state index in [1.807, 2.05) is 18.2 Å². The molecule has 0 aliphatic heterocycles. The van der Waals surface area contributed by atoms with Crippen LogP contribution in [0.15, 0.2) is 22.7 Å². The summed E-state index contributed by atoms with van der Waals surface area (Å²) < 4.78 is 0.891. The van der Waals surface area contributed by atoms with Crippen molar-refractivity contribution in [2.45, 2.75) is 12.8 Å². The van der Waals surface area contributed by atoms with Gasteiger partial charge in [-0.05, 0) is 40.5 Å². The Morgan fingerprint density at radius 2 is 2.29 bits per heavy atom. The van der Waals surface area contributed by atoms with E-state index in [2.05, 4.69) is 27.3 Å². The van der Waals surface area contributed by atoms with Gasteiger partial charge in [-0.15, -0.1) is 0 Å². The predicted molar refractivity (Wildman–Crippen MR) is 62.5 cm³/mol. The molecule has 0 fully saturated rings. The van der Waals surface area contributed by atoms with Gasteiger partial charge in [0.1, 0.15) is 0 Å². The van der Waals surface area contributed by atoms with Crippen LogP contribution in [0.25, 0.3) is 0 Å². The van der Waals surface area contributed by atoms with Gasteiger partial charge in [0.05, 0.1) is 11.1 Å². The zero-order valence-corrected chi connectivity index (χ0v) is 9.90. The Bertz CT molecular complexity index is 346. The van der Waals surface area contributed by atoms with Crippen LogP contribution in [0.4, 0.5) is 5.69 Å². The molecule has 1 N–H and O–H groups in total. The maximum absolute atomic E-state index is 8.34. The maximum Gasteiger partial charge on any atom is 0.0622 e. The number of unbranched alkanes of at least 4 members (excludes halogenated alkanes) is 1. The van der Waals surface area contributed by atoms with Crippen LogP contribution in [0, 0.1) is 11.3 Å². The largest absolute Gasteiger partial charge is 0.385 e. The minimum absolute atomic E-state index is 0.581. The zero-order valence-electron chi connectivity index (χ0n) is 7.56. The van der Waals surface area contributed by atoms with E-state index in [-0.39, 0.29) is 0 Å². The summed E-state index contributed by atoms with van der Waals surface area (Å²) in [6.07, 6.45) is 1.43. The van der Waals surface area contributed by atoms with Crippen molar-refractivity contribution >= 4 is 33.2 Å². The van der Waals surface area contributed by atoms with Gasteiger partial charge in [0.25, 0.3) is 0 Å². The average Bonchev–Trinajstić information content (AvgIpc) is 2.18. The van der Waals surface area contributed by atoms with Crippen LogP contribution in [0.5, 0.6) is 0 Å². The highest BCUT2D eigenvalue weighted by Crippen LogP contribution is 2.25. The fourth-order valence-electron chi connectivity index (χ4n) is 1.01. The van der Waals surface area contributed by atoms with Gasteiger partial charge in [-0.1, -0.05) is 11.6 Å². The van der Waals surface area contributed by atoms with Crippen LogP contribution in [-0.2, 0) is 0 Å². The van der Waals surface area contributed by atoms with E-state index < -0.39 is 0 Å². The molecule has 0 atom stereocenters. The lowest BCUT2D eigenvalue weighted by molar-refractivity contribution is 0.897. The first-order valence-corrected chi connectivity index (χ1v) is 5.47. The molecule has 0 amide bonds. The second kappa shape index (κ2) is 5.90. The van der Waals surface area contributed by atoms with Crippen LogP contribution in [0.3, 0.4) is 0 Å². The molecule has 0 saturated heterocycles. The number of rotatable bonds is 4. The molecular weight excluding hydrogens is 263 g/mol. The molecule has 1 aromatic rings. The number of nitrogens with zero attached hydrogens (tertiary/aromatic N) is 1. The first kappa shape index (κ1) is 11.4. The number of nitriles is 1. The number of anilines is 1. The van der Waals surface area contributed by atoms with Crippen molar-refractivity contribution in [3.8, 4) is 6.07 Å². The number of benzene rings is 1. The Kier molecular flexibility index (Phi) is 4.78. The molecule has 0 radical (unpaired) electrons. The Hall–Kier alpha value is -0.720. The summed E-state index contributed by atoms with van der Waals surface area (Å²) in [6, 6.07) is 7.80. The van der Waals surface area contributed by atoms with Gasteiger partial charge < -0.3 is 5.32 Å². The lowest BCUT2D eigenvalue weighted by atomic mass is 10.3. The molecule has 2 nitrogen and oxygen atoms in total. The standard InChI is InChI=1S/C10H10BrClN2/c11-9-4-3-8(7-10(9)12)14-6-2-1-5-13/h3-4,7,14H,1-2,6H2. The molecule has 0 aliphatic carbocycles. The summed E-state index contributed by atoms with van der Waals surface area (Å²) >= 11 is 9.23. The first-order valence-electron chi connectivity index (χ1n) is 4.30.